The Morgan fingerprint density at radius 1 is 1.30 bits per heavy atom. The van der Waals surface area contributed by atoms with Crippen LogP contribution in [0, 0.1) is 21.8 Å². The number of ether oxygens (including phenoxy) is 3. The third kappa shape index (κ3) is 4.34. The third-order valence-corrected chi connectivity index (χ3v) is 3.09. The second-order valence-corrected chi connectivity index (χ2v) is 4.39. The highest BCUT2D eigenvalue weighted by Crippen LogP contribution is 2.29. The smallest absolute Gasteiger partial charge is 0.321 e. The van der Waals surface area contributed by atoms with Crippen molar-refractivity contribution in [2.75, 3.05) is 27.9 Å². The molecule has 1 aromatic rings. The van der Waals surface area contributed by atoms with E-state index in [9.17, 15) is 24.1 Å². The van der Waals surface area contributed by atoms with E-state index in [2.05, 4.69) is 14.5 Å². The third-order valence-electron chi connectivity index (χ3n) is 3.09. The van der Waals surface area contributed by atoms with Crippen LogP contribution in [-0.2, 0) is 19.1 Å². The first-order chi connectivity index (χ1) is 10.8. The molecule has 10 heteroatoms. The molecule has 126 valence electrons. The highest BCUT2D eigenvalue weighted by atomic mass is 19.1. The molecule has 0 amide bonds. The normalized spacial score (nSPS) is 11.7. The second-order valence-electron chi connectivity index (χ2n) is 4.39. The van der Waals surface area contributed by atoms with Gasteiger partial charge in [0.25, 0.3) is 0 Å². The first-order valence-electron chi connectivity index (χ1n) is 6.32. The SMILES string of the molecule is COC(=O)C(C(=O)OC)C(C[N+](=O)[O-])c1ncc(OC)cc1F. The summed E-state index contributed by atoms with van der Waals surface area (Å²) in [4.78, 5) is 37.5. The Balaban J connectivity index is 3.39. The fraction of sp³-hybridized carbons (Fsp3) is 0.462. The van der Waals surface area contributed by atoms with Crippen LogP contribution in [0.1, 0.15) is 11.6 Å². The maximum absolute atomic E-state index is 14.2. The summed E-state index contributed by atoms with van der Waals surface area (Å²) in [5.74, 6) is -6.24. The Kier molecular flexibility index (Phi) is 6.36. The first-order valence-corrected chi connectivity index (χ1v) is 6.32. The monoisotopic (exact) mass is 330 g/mol. The van der Waals surface area contributed by atoms with Gasteiger partial charge in [0, 0.05) is 11.0 Å². The molecule has 0 N–H and O–H groups in total. The van der Waals surface area contributed by atoms with E-state index in [1.54, 1.807) is 0 Å². The second kappa shape index (κ2) is 8.01. The molecule has 1 rings (SSSR count). The van der Waals surface area contributed by atoms with E-state index in [1.165, 1.54) is 7.11 Å². The zero-order chi connectivity index (χ0) is 17.6. The minimum atomic E-state index is -1.72. The Morgan fingerprint density at radius 3 is 2.26 bits per heavy atom. The molecule has 0 saturated heterocycles. The lowest BCUT2D eigenvalue weighted by Crippen LogP contribution is -2.36. The van der Waals surface area contributed by atoms with Gasteiger partial charge in [-0.1, -0.05) is 0 Å². The Hall–Kier alpha value is -2.78. The molecule has 0 radical (unpaired) electrons. The van der Waals surface area contributed by atoms with E-state index in [-0.39, 0.29) is 5.75 Å². The van der Waals surface area contributed by atoms with Gasteiger partial charge in [0.05, 0.1) is 39.1 Å². The van der Waals surface area contributed by atoms with Gasteiger partial charge in [-0.05, 0) is 0 Å². The predicted molar refractivity (Wildman–Crippen MR) is 72.9 cm³/mol. The molecule has 0 saturated carbocycles. The van der Waals surface area contributed by atoms with Gasteiger partial charge >= 0.3 is 11.9 Å². The van der Waals surface area contributed by atoms with Crippen LogP contribution in [0.2, 0.25) is 0 Å². The largest absolute Gasteiger partial charge is 0.495 e. The van der Waals surface area contributed by atoms with Crippen LogP contribution in [-0.4, -0.2) is 49.7 Å². The van der Waals surface area contributed by atoms with Gasteiger partial charge in [-0.3, -0.25) is 24.7 Å². The van der Waals surface area contributed by atoms with E-state index in [4.69, 9.17) is 4.74 Å². The summed E-state index contributed by atoms with van der Waals surface area (Å²) < 4.78 is 27.9. The molecule has 0 aliphatic rings. The van der Waals surface area contributed by atoms with Crippen molar-refractivity contribution < 1.29 is 33.1 Å². The van der Waals surface area contributed by atoms with Gasteiger partial charge in [0.15, 0.2) is 5.92 Å². The summed E-state index contributed by atoms with van der Waals surface area (Å²) in [6, 6.07) is 0.945. The summed E-state index contributed by atoms with van der Waals surface area (Å²) >= 11 is 0. The zero-order valence-electron chi connectivity index (χ0n) is 12.6. The average Bonchev–Trinajstić information content (AvgIpc) is 2.53. The summed E-state index contributed by atoms with van der Waals surface area (Å²) in [5, 5.41) is 10.9. The van der Waals surface area contributed by atoms with Crippen LogP contribution in [0.4, 0.5) is 4.39 Å². The average molecular weight is 330 g/mol. The van der Waals surface area contributed by atoms with E-state index in [0.29, 0.717) is 0 Å². The fourth-order valence-corrected chi connectivity index (χ4v) is 2.00. The van der Waals surface area contributed by atoms with Crippen LogP contribution < -0.4 is 4.74 Å². The topological polar surface area (TPSA) is 118 Å². The van der Waals surface area contributed by atoms with Crippen molar-refractivity contribution in [2.24, 2.45) is 5.92 Å². The number of carbonyl (C=O) groups is 2. The lowest BCUT2D eigenvalue weighted by molar-refractivity contribution is -0.484. The van der Waals surface area contributed by atoms with Crippen molar-refractivity contribution in [1.29, 1.82) is 0 Å². The molecule has 1 aromatic heterocycles. The van der Waals surface area contributed by atoms with E-state index < -0.39 is 46.8 Å². The molecule has 0 aromatic carbocycles. The van der Waals surface area contributed by atoms with Gasteiger partial charge in [-0.25, -0.2) is 4.39 Å². The molecular weight excluding hydrogens is 315 g/mol. The van der Waals surface area contributed by atoms with Crippen molar-refractivity contribution in [3.05, 3.63) is 33.9 Å². The Labute approximate surface area is 130 Å². The quantitative estimate of drug-likeness (QED) is 0.308. The number of nitro groups is 1. The summed E-state index contributed by atoms with van der Waals surface area (Å²) in [7, 11) is 3.29. The van der Waals surface area contributed by atoms with Crippen molar-refractivity contribution >= 4 is 11.9 Å². The lowest BCUT2D eigenvalue weighted by Gasteiger charge is -2.20. The number of esters is 2. The highest BCUT2D eigenvalue weighted by Gasteiger charge is 2.43. The maximum atomic E-state index is 14.2. The number of pyridine rings is 1. The molecule has 1 heterocycles. The lowest BCUT2D eigenvalue weighted by atomic mass is 9.88. The van der Waals surface area contributed by atoms with Crippen molar-refractivity contribution in [3.8, 4) is 5.75 Å². The Bertz CT molecular complexity index is 592. The molecule has 9 nitrogen and oxygen atoms in total. The van der Waals surface area contributed by atoms with Crippen LogP contribution in [0.25, 0.3) is 0 Å². The summed E-state index contributed by atoms with van der Waals surface area (Å²) in [6.45, 7) is -0.912. The molecule has 23 heavy (non-hydrogen) atoms. The molecule has 0 spiro atoms. The number of halogens is 1. The summed E-state index contributed by atoms with van der Waals surface area (Å²) in [6.07, 6.45) is 1.12. The standard InChI is InChI=1S/C13H15FN2O7/c1-21-7-4-9(14)11(15-5-7)8(6-16(19)20)10(12(17)22-2)13(18)23-3/h4-5,8,10H,6H2,1-3H3. The molecule has 0 aliphatic heterocycles. The van der Waals surface area contributed by atoms with Crippen LogP contribution in [0.5, 0.6) is 5.75 Å². The first kappa shape index (κ1) is 18.3. The minimum absolute atomic E-state index is 0.0822. The zero-order valence-corrected chi connectivity index (χ0v) is 12.6. The van der Waals surface area contributed by atoms with Gasteiger partial charge in [-0.2, -0.15) is 0 Å². The maximum Gasteiger partial charge on any atom is 0.321 e. The number of carbonyl (C=O) groups excluding carboxylic acids is 2. The molecule has 1 unspecified atom stereocenters. The number of hydrogen-bond donors (Lipinski definition) is 0. The molecule has 1 atom stereocenters. The van der Waals surface area contributed by atoms with E-state index >= 15 is 0 Å². The van der Waals surface area contributed by atoms with E-state index in [0.717, 1.165) is 26.5 Å². The number of methoxy groups -OCH3 is 3. The van der Waals surface area contributed by atoms with E-state index in [1.807, 2.05) is 0 Å². The number of aromatic nitrogens is 1. The van der Waals surface area contributed by atoms with Gasteiger partial charge in [0.1, 0.15) is 11.6 Å². The molecule has 0 fully saturated rings. The minimum Gasteiger partial charge on any atom is -0.495 e. The van der Waals surface area contributed by atoms with Gasteiger partial charge in [0.2, 0.25) is 6.54 Å². The molecule has 0 aliphatic carbocycles. The Morgan fingerprint density at radius 2 is 1.87 bits per heavy atom. The van der Waals surface area contributed by atoms with Crippen molar-refractivity contribution in [2.45, 2.75) is 5.92 Å². The molecular formula is C13H15FN2O7. The van der Waals surface area contributed by atoms with Crippen LogP contribution in [0.3, 0.4) is 0 Å². The van der Waals surface area contributed by atoms with Crippen molar-refractivity contribution in [1.82, 2.24) is 4.98 Å². The highest BCUT2D eigenvalue weighted by molar-refractivity contribution is 5.96. The summed E-state index contributed by atoms with van der Waals surface area (Å²) in [5.41, 5.74) is -0.427. The number of rotatable bonds is 7. The fourth-order valence-electron chi connectivity index (χ4n) is 2.00. The molecule has 0 bridgehead atoms. The number of hydrogen-bond acceptors (Lipinski definition) is 8. The van der Waals surface area contributed by atoms with Gasteiger partial charge < -0.3 is 14.2 Å². The van der Waals surface area contributed by atoms with Crippen molar-refractivity contribution in [3.63, 3.8) is 0 Å². The van der Waals surface area contributed by atoms with Crippen LogP contribution in [0.15, 0.2) is 12.3 Å². The van der Waals surface area contributed by atoms with Gasteiger partial charge in [-0.15, -0.1) is 0 Å². The predicted octanol–water partition coefficient (Wildman–Crippen LogP) is 0.552. The van der Waals surface area contributed by atoms with Crippen LogP contribution >= 0.6 is 0 Å². The number of nitrogens with zero attached hydrogens (tertiary/aromatic N) is 2.